The van der Waals surface area contributed by atoms with Gasteiger partial charge in [-0.1, -0.05) is 0 Å². The van der Waals surface area contributed by atoms with E-state index in [4.69, 9.17) is 0 Å². The second-order valence-electron chi connectivity index (χ2n) is 3.77. The Morgan fingerprint density at radius 3 is 2.83 bits per heavy atom. The first-order valence-electron chi connectivity index (χ1n) is 5.22. The van der Waals surface area contributed by atoms with Crippen LogP contribution in [-0.2, 0) is 7.05 Å². The number of ketones is 1. The second kappa shape index (κ2) is 4.91. The van der Waals surface area contributed by atoms with Crippen LogP contribution in [0.5, 0.6) is 0 Å². The van der Waals surface area contributed by atoms with Crippen molar-refractivity contribution in [1.82, 2.24) is 9.78 Å². The molecule has 0 radical (unpaired) electrons. The maximum Gasteiger partial charge on any atom is 0.189 e. The van der Waals surface area contributed by atoms with E-state index in [1.807, 2.05) is 0 Å². The Balaban J connectivity index is 2.20. The van der Waals surface area contributed by atoms with E-state index < -0.39 is 11.6 Å². The molecule has 92 valence electrons. The van der Waals surface area contributed by atoms with Crippen molar-refractivity contribution < 1.29 is 13.6 Å². The van der Waals surface area contributed by atoms with Gasteiger partial charge in [-0.3, -0.25) is 9.48 Å². The van der Waals surface area contributed by atoms with Crippen LogP contribution in [0, 0.1) is 11.6 Å². The Morgan fingerprint density at radius 1 is 1.39 bits per heavy atom. The summed E-state index contributed by atoms with van der Waals surface area (Å²) in [6.07, 6.45) is 5.39. The molecule has 3 nitrogen and oxygen atoms in total. The molecule has 2 rings (SSSR count). The monoisotopic (exact) mass is 248 g/mol. The van der Waals surface area contributed by atoms with Crippen LogP contribution in [0.2, 0.25) is 0 Å². The van der Waals surface area contributed by atoms with Gasteiger partial charge >= 0.3 is 0 Å². The van der Waals surface area contributed by atoms with Crippen LogP contribution in [0.1, 0.15) is 15.9 Å². The number of hydrogen-bond acceptors (Lipinski definition) is 2. The molecule has 2 aromatic rings. The second-order valence-corrected chi connectivity index (χ2v) is 3.77. The fourth-order valence-electron chi connectivity index (χ4n) is 1.45. The molecule has 1 aromatic carbocycles. The largest absolute Gasteiger partial charge is 0.289 e. The molecule has 0 bridgehead atoms. The predicted molar refractivity (Wildman–Crippen MR) is 62.9 cm³/mol. The minimum Gasteiger partial charge on any atom is -0.289 e. The van der Waals surface area contributed by atoms with Crippen molar-refractivity contribution in [1.29, 1.82) is 0 Å². The van der Waals surface area contributed by atoms with Gasteiger partial charge in [0.25, 0.3) is 0 Å². The number of carbonyl (C=O) groups is 1. The standard InChI is InChI=1S/C13H10F2N2O/c1-17-8-10(7-16-17)13(18)5-2-9-6-11(14)3-4-12(9)15/h2-8H,1H3/b5-2-. The molecule has 0 unspecified atom stereocenters. The Kier molecular flexibility index (Phi) is 3.32. The lowest BCUT2D eigenvalue weighted by Crippen LogP contribution is -1.92. The Hall–Kier alpha value is -2.30. The fourth-order valence-corrected chi connectivity index (χ4v) is 1.45. The summed E-state index contributed by atoms with van der Waals surface area (Å²) in [5, 5.41) is 3.85. The molecule has 0 fully saturated rings. The topological polar surface area (TPSA) is 34.9 Å². The van der Waals surface area contributed by atoms with Gasteiger partial charge in [-0.15, -0.1) is 0 Å². The van der Waals surface area contributed by atoms with E-state index in [1.165, 1.54) is 23.0 Å². The molecule has 0 N–H and O–H groups in total. The number of halogens is 2. The van der Waals surface area contributed by atoms with Crippen LogP contribution in [0.15, 0.2) is 36.7 Å². The van der Waals surface area contributed by atoms with Crippen molar-refractivity contribution in [3.05, 3.63) is 59.4 Å². The van der Waals surface area contributed by atoms with E-state index in [1.54, 1.807) is 13.2 Å². The quantitative estimate of drug-likeness (QED) is 0.618. The number of aryl methyl sites for hydroxylation is 1. The van der Waals surface area contributed by atoms with Gasteiger partial charge in [0.15, 0.2) is 5.78 Å². The van der Waals surface area contributed by atoms with Crippen molar-refractivity contribution >= 4 is 11.9 Å². The van der Waals surface area contributed by atoms with Crippen LogP contribution in [0.25, 0.3) is 6.08 Å². The van der Waals surface area contributed by atoms with Crippen LogP contribution >= 0.6 is 0 Å². The molecular formula is C13H10F2N2O. The summed E-state index contributed by atoms with van der Waals surface area (Å²) in [5.74, 6) is -1.44. The van der Waals surface area contributed by atoms with Gasteiger partial charge in [0.2, 0.25) is 0 Å². The molecule has 0 saturated carbocycles. The van der Waals surface area contributed by atoms with Crippen molar-refractivity contribution in [2.75, 3.05) is 0 Å². The SMILES string of the molecule is Cn1cc(C(=O)/C=C\c2cc(F)ccc2F)cn1. The van der Waals surface area contributed by atoms with E-state index in [0.29, 0.717) is 5.56 Å². The number of allylic oxidation sites excluding steroid dienone is 1. The minimum atomic E-state index is -0.577. The molecule has 5 heteroatoms. The first-order chi connectivity index (χ1) is 8.56. The molecule has 0 spiro atoms. The zero-order valence-corrected chi connectivity index (χ0v) is 9.60. The molecule has 0 saturated heterocycles. The number of aromatic nitrogens is 2. The summed E-state index contributed by atoms with van der Waals surface area (Å²) in [6.45, 7) is 0. The van der Waals surface area contributed by atoms with Gasteiger partial charge in [-0.05, 0) is 30.4 Å². The van der Waals surface area contributed by atoms with Crippen LogP contribution < -0.4 is 0 Å². The molecule has 1 heterocycles. The normalized spacial score (nSPS) is 11.1. The van der Waals surface area contributed by atoms with E-state index in [0.717, 1.165) is 18.2 Å². The highest BCUT2D eigenvalue weighted by Crippen LogP contribution is 2.12. The Morgan fingerprint density at radius 2 is 2.17 bits per heavy atom. The Labute approximate surface area is 102 Å². The van der Waals surface area contributed by atoms with Gasteiger partial charge in [0.05, 0.1) is 11.8 Å². The molecule has 0 atom stereocenters. The number of nitrogens with zero attached hydrogens (tertiary/aromatic N) is 2. The highest BCUT2D eigenvalue weighted by atomic mass is 19.1. The Bertz CT molecular complexity index is 617. The lowest BCUT2D eigenvalue weighted by Gasteiger charge is -1.96. The zero-order valence-electron chi connectivity index (χ0n) is 9.60. The van der Waals surface area contributed by atoms with Crippen LogP contribution in [0.3, 0.4) is 0 Å². The molecule has 0 aliphatic rings. The lowest BCUT2D eigenvalue weighted by molar-refractivity contribution is 0.104. The summed E-state index contributed by atoms with van der Waals surface area (Å²) in [6, 6.07) is 3.07. The lowest BCUT2D eigenvalue weighted by atomic mass is 10.1. The molecule has 0 amide bonds. The highest BCUT2D eigenvalue weighted by Gasteiger charge is 2.05. The summed E-state index contributed by atoms with van der Waals surface area (Å²) >= 11 is 0. The zero-order chi connectivity index (χ0) is 13.1. The summed E-state index contributed by atoms with van der Waals surface area (Å²) in [7, 11) is 1.69. The van der Waals surface area contributed by atoms with Gasteiger partial charge in [0.1, 0.15) is 11.6 Å². The minimum absolute atomic E-state index is 0.0345. The maximum absolute atomic E-state index is 13.3. The summed E-state index contributed by atoms with van der Waals surface area (Å²) in [4.78, 5) is 11.7. The number of rotatable bonds is 3. The van der Waals surface area contributed by atoms with Crippen molar-refractivity contribution in [2.24, 2.45) is 7.05 Å². The van der Waals surface area contributed by atoms with Crippen molar-refractivity contribution in [3.8, 4) is 0 Å². The highest BCUT2D eigenvalue weighted by molar-refractivity contribution is 6.06. The number of hydrogen-bond donors (Lipinski definition) is 0. The third kappa shape index (κ3) is 2.68. The molecule has 1 aromatic heterocycles. The average molecular weight is 248 g/mol. The average Bonchev–Trinajstić information content (AvgIpc) is 2.77. The van der Waals surface area contributed by atoms with E-state index >= 15 is 0 Å². The maximum atomic E-state index is 13.3. The van der Waals surface area contributed by atoms with Crippen LogP contribution in [0.4, 0.5) is 8.78 Å². The first-order valence-corrected chi connectivity index (χ1v) is 5.22. The molecule has 0 aliphatic heterocycles. The smallest absolute Gasteiger partial charge is 0.189 e. The van der Waals surface area contributed by atoms with E-state index in [-0.39, 0.29) is 11.3 Å². The van der Waals surface area contributed by atoms with Gasteiger partial charge < -0.3 is 0 Å². The number of benzene rings is 1. The van der Waals surface area contributed by atoms with Gasteiger partial charge in [-0.2, -0.15) is 5.10 Å². The third-order valence-corrected chi connectivity index (χ3v) is 2.36. The molecule has 18 heavy (non-hydrogen) atoms. The van der Waals surface area contributed by atoms with Gasteiger partial charge in [-0.25, -0.2) is 8.78 Å². The molecular weight excluding hydrogens is 238 g/mol. The van der Waals surface area contributed by atoms with E-state index in [2.05, 4.69) is 5.10 Å². The van der Waals surface area contributed by atoms with Crippen LogP contribution in [-0.4, -0.2) is 15.6 Å². The summed E-state index contributed by atoms with van der Waals surface area (Å²) < 4.78 is 27.7. The van der Waals surface area contributed by atoms with Crippen molar-refractivity contribution in [2.45, 2.75) is 0 Å². The summed E-state index contributed by atoms with van der Waals surface area (Å²) in [5.41, 5.74) is 0.429. The number of carbonyl (C=O) groups excluding carboxylic acids is 1. The van der Waals surface area contributed by atoms with Crippen molar-refractivity contribution in [3.63, 3.8) is 0 Å². The third-order valence-electron chi connectivity index (χ3n) is 2.36. The molecule has 0 aliphatic carbocycles. The fraction of sp³-hybridized carbons (Fsp3) is 0.0769. The van der Waals surface area contributed by atoms with E-state index in [9.17, 15) is 13.6 Å². The first kappa shape index (κ1) is 12.2. The van der Waals surface area contributed by atoms with Gasteiger partial charge in [0, 0.05) is 18.8 Å². The predicted octanol–water partition coefficient (Wildman–Crippen LogP) is 2.59.